The molecule has 0 amide bonds. The van der Waals surface area contributed by atoms with Gasteiger partial charge in [0.2, 0.25) is 0 Å². The zero-order chi connectivity index (χ0) is 14.3. The van der Waals surface area contributed by atoms with E-state index in [4.69, 9.17) is 15.6 Å². The first kappa shape index (κ1) is 13.6. The number of nitrogen functional groups attached to an aromatic ring is 1. The molecule has 1 aliphatic heterocycles. The molecule has 20 heavy (non-hydrogen) atoms. The van der Waals surface area contributed by atoms with Gasteiger partial charge in [0, 0.05) is 6.42 Å². The van der Waals surface area contributed by atoms with E-state index in [0.29, 0.717) is 28.6 Å². The lowest BCUT2D eigenvalue weighted by atomic mass is 10.2. The number of nitrogens with zero attached hydrogens (tertiary/aromatic N) is 4. The highest BCUT2D eigenvalue weighted by Gasteiger charge is 2.35. The number of anilines is 1. The topological polar surface area (TPSA) is 119 Å². The molecule has 1 fully saturated rings. The van der Waals surface area contributed by atoms with Crippen LogP contribution in [0.15, 0.2) is 11.5 Å². The summed E-state index contributed by atoms with van der Waals surface area (Å²) in [6.07, 6.45) is 2.08. The second-order valence-corrected chi connectivity index (χ2v) is 5.31. The maximum Gasteiger partial charge on any atom is 0.191 e. The van der Waals surface area contributed by atoms with Gasteiger partial charge >= 0.3 is 0 Å². The van der Waals surface area contributed by atoms with Crippen molar-refractivity contribution in [2.75, 3.05) is 18.6 Å². The molecule has 0 radical (unpaired) electrons. The summed E-state index contributed by atoms with van der Waals surface area (Å²) in [5, 5.41) is 19.5. The molecule has 0 aliphatic carbocycles. The smallest absolute Gasteiger partial charge is 0.191 e. The molecule has 4 N–H and O–H groups in total. The Bertz CT molecular complexity index is 634. The quantitative estimate of drug-likeness (QED) is 0.525. The average Bonchev–Trinajstić information content (AvgIpc) is 3.01. The van der Waals surface area contributed by atoms with E-state index in [-0.39, 0.29) is 6.61 Å². The van der Waals surface area contributed by atoms with Crippen LogP contribution in [0.2, 0.25) is 0 Å². The molecule has 1 saturated heterocycles. The fourth-order valence-electron chi connectivity index (χ4n) is 2.27. The Kier molecular flexibility index (Phi) is 3.50. The predicted molar refractivity (Wildman–Crippen MR) is 73.1 cm³/mol. The Morgan fingerprint density at radius 3 is 3.00 bits per heavy atom. The number of aliphatic hydroxyl groups excluding tert-OH is 2. The number of rotatable bonds is 3. The average molecular weight is 297 g/mol. The Morgan fingerprint density at radius 2 is 2.35 bits per heavy atom. The van der Waals surface area contributed by atoms with Gasteiger partial charge in [0.05, 0.1) is 19.0 Å². The molecule has 8 nitrogen and oxygen atoms in total. The number of thioether (sulfide) groups is 1. The molecule has 3 atom stereocenters. The first-order valence-electron chi connectivity index (χ1n) is 6.12. The lowest BCUT2D eigenvalue weighted by molar-refractivity contribution is -0.0432. The summed E-state index contributed by atoms with van der Waals surface area (Å²) >= 11 is 1.38. The molecular weight excluding hydrogens is 282 g/mol. The van der Waals surface area contributed by atoms with Crippen LogP contribution >= 0.6 is 11.8 Å². The second-order valence-electron chi connectivity index (χ2n) is 4.53. The van der Waals surface area contributed by atoms with Crippen LogP contribution in [0.3, 0.4) is 0 Å². The third-order valence-corrected chi connectivity index (χ3v) is 3.85. The van der Waals surface area contributed by atoms with Gasteiger partial charge in [-0.15, -0.1) is 0 Å². The van der Waals surface area contributed by atoms with E-state index >= 15 is 0 Å². The summed E-state index contributed by atoms with van der Waals surface area (Å²) in [6, 6.07) is 0. The van der Waals surface area contributed by atoms with E-state index in [9.17, 15) is 5.11 Å². The molecule has 3 heterocycles. The van der Waals surface area contributed by atoms with Crippen molar-refractivity contribution in [3.8, 4) is 0 Å². The van der Waals surface area contributed by atoms with Crippen LogP contribution in [0, 0.1) is 0 Å². The van der Waals surface area contributed by atoms with Gasteiger partial charge in [-0.2, -0.15) is 0 Å². The highest BCUT2D eigenvalue weighted by atomic mass is 32.2. The zero-order valence-electron chi connectivity index (χ0n) is 10.8. The fraction of sp³-hybridized carbons (Fsp3) is 0.545. The van der Waals surface area contributed by atoms with Gasteiger partial charge in [-0.1, -0.05) is 11.8 Å². The van der Waals surface area contributed by atoms with Crippen molar-refractivity contribution in [2.24, 2.45) is 0 Å². The van der Waals surface area contributed by atoms with Crippen LogP contribution in [0.25, 0.3) is 11.2 Å². The van der Waals surface area contributed by atoms with Crippen molar-refractivity contribution in [2.45, 2.75) is 30.0 Å². The predicted octanol–water partition coefficient (Wildman–Crippen LogP) is -0.229. The van der Waals surface area contributed by atoms with Crippen LogP contribution in [-0.2, 0) is 4.74 Å². The van der Waals surface area contributed by atoms with Crippen LogP contribution in [0.1, 0.15) is 12.6 Å². The summed E-state index contributed by atoms with van der Waals surface area (Å²) in [5.41, 5.74) is 6.93. The van der Waals surface area contributed by atoms with Crippen LogP contribution in [-0.4, -0.2) is 54.8 Å². The number of imidazole rings is 1. The van der Waals surface area contributed by atoms with Gasteiger partial charge < -0.3 is 20.7 Å². The minimum absolute atomic E-state index is 0.225. The van der Waals surface area contributed by atoms with Gasteiger partial charge in [-0.05, 0) is 6.26 Å². The molecule has 0 unspecified atom stereocenters. The molecule has 2 aromatic heterocycles. The van der Waals surface area contributed by atoms with Gasteiger partial charge in [0.1, 0.15) is 17.8 Å². The second kappa shape index (κ2) is 5.17. The maximum absolute atomic E-state index is 9.81. The van der Waals surface area contributed by atoms with Crippen molar-refractivity contribution < 1.29 is 14.9 Å². The Balaban J connectivity index is 2.02. The normalized spacial score (nSPS) is 26.4. The highest BCUT2D eigenvalue weighted by molar-refractivity contribution is 7.98. The fourth-order valence-corrected chi connectivity index (χ4v) is 2.64. The third-order valence-electron chi connectivity index (χ3n) is 3.30. The van der Waals surface area contributed by atoms with E-state index in [1.807, 2.05) is 6.26 Å². The van der Waals surface area contributed by atoms with Gasteiger partial charge in [-0.3, -0.25) is 4.57 Å². The van der Waals surface area contributed by atoms with Gasteiger partial charge in [-0.25, -0.2) is 15.0 Å². The van der Waals surface area contributed by atoms with E-state index in [1.54, 1.807) is 10.9 Å². The number of hydrogen-bond donors (Lipinski definition) is 3. The molecule has 2 aromatic rings. The SMILES string of the molecule is CSc1nc(N)c2ncn([C@H]3C[C@H](O)[C@@H](CO)O3)c2n1. The summed E-state index contributed by atoms with van der Waals surface area (Å²) < 4.78 is 7.32. The van der Waals surface area contributed by atoms with E-state index in [2.05, 4.69) is 15.0 Å². The Hall–Kier alpha value is -1.42. The summed E-state index contributed by atoms with van der Waals surface area (Å²) in [4.78, 5) is 12.7. The standard InChI is InChI=1S/C11H15N5O3S/c1-20-11-14-9(12)8-10(15-11)16(4-13-8)7-2-5(18)6(3-17)19-7/h4-7,17-18H,2-3H2,1H3,(H2,12,14,15)/t5-,6+,7+/m0/s1. The number of nitrogens with two attached hydrogens (primary N) is 1. The first-order valence-corrected chi connectivity index (χ1v) is 7.35. The lowest BCUT2D eigenvalue weighted by Gasteiger charge is -2.13. The maximum atomic E-state index is 9.81. The number of ether oxygens (including phenoxy) is 1. The van der Waals surface area contributed by atoms with Crippen molar-refractivity contribution in [1.82, 2.24) is 19.5 Å². The monoisotopic (exact) mass is 297 g/mol. The summed E-state index contributed by atoms with van der Waals surface area (Å²) in [5.74, 6) is 0.315. The largest absolute Gasteiger partial charge is 0.394 e. The molecule has 0 spiro atoms. The molecular formula is C11H15N5O3S. The van der Waals surface area contributed by atoms with Gasteiger partial charge in [0.15, 0.2) is 16.6 Å². The molecule has 9 heteroatoms. The van der Waals surface area contributed by atoms with Crippen LogP contribution < -0.4 is 5.73 Å². The van der Waals surface area contributed by atoms with Crippen LogP contribution in [0.4, 0.5) is 5.82 Å². The number of hydrogen-bond acceptors (Lipinski definition) is 8. The van der Waals surface area contributed by atoms with Crippen LogP contribution in [0.5, 0.6) is 0 Å². The minimum Gasteiger partial charge on any atom is -0.394 e. The van der Waals surface area contributed by atoms with Crippen molar-refractivity contribution in [1.29, 1.82) is 0 Å². The van der Waals surface area contributed by atoms with Crippen molar-refractivity contribution in [3.05, 3.63) is 6.33 Å². The summed E-state index contributed by atoms with van der Waals surface area (Å²) in [7, 11) is 0. The van der Waals surface area contributed by atoms with E-state index in [0.717, 1.165) is 0 Å². The van der Waals surface area contributed by atoms with Crippen molar-refractivity contribution in [3.63, 3.8) is 0 Å². The highest BCUT2D eigenvalue weighted by Crippen LogP contribution is 2.31. The zero-order valence-corrected chi connectivity index (χ0v) is 11.6. The molecule has 1 aliphatic rings. The molecule has 0 saturated carbocycles. The lowest BCUT2D eigenvalue weighted by Crippen LogP contribution is -2.24. The van der Waals surface area contributed by atoms with Gasteiger partial charge in [0.25, 0.3) is 0 Å². The molecule has 3 rings (SSSR count). The number of aliphatic hydroxyl groups is 2. The molecule has 0 bridgehead atoms. The van der Waals surface area contributed by atoms with E-state index in [1.165, 1.54) is 11.8 Å². The van der Waals surface area contributed by atoms with E-state index < -0.39 is 18.4 Å². The molecule has 108 valence electrons. The number of fused-ring (bicyclic) bond motifs is 1. The summed E-state index contributed by atoms with van der Waals surface area (Å²) in [6.45, 7) is -0.225. The first-order chi connectivity index (χ1) is 9.63. The minimum atomic E-state index is -0.707. The number of aromatic nitrogens is 4. The third kappa shape index (κ3) is 2.12. The molecule has 0 aromatic carbocycles. The Labute approximate surface area is 119 Å². The van der Waals surface area contributed by atoms with Crippen molar-refractivity contribution >= 4 is 28.7 Å². The Morgan fingerprint density at radius 1 is 1.55 bits per heavy atom.